The van der Waals surface area contributed by atoms with Crippen LogP contribution < -0.4 is 5.32 Å². The van der Waals surface area contributed by atoms with Crippen LogP contribution in [0, 0.1) is 12.3 Å². The molecule has 0 saturated heterocycles. The van der Waals surface area contributed by atoms with Crippen molar-refractivity contribution in [3.05, 3.63) is 53.6 Å². The van der Waals surface area contributed by atoms with Crippen LogP contribution in [0.3, 0.4) is 0 Å². The topological polar surface area (TPSA) is 12.0 Å². The average molecular weight is 241 g/mol. The predicted octanol–water partition coefficient (Wildman–Crippen LogP) is 4.71. The van der Waals surface area contributed by atoms with E-state index in [4.69, 9.17) is 0 Å². The highest BCUT2D eigenvalue weighted by atomic mass is 14.9. The Morgan fingerprint density at radius 2 is 1.78 bits per heavy atom. The molecule has 0 aromatic heterocycles. The van der Waals surface area contributed by atoms with Crippen LogP contribution in [0.5, 0.6) is 0 Å². The van der Waals surface area contributed by atoms with E-state index >= 15 is 0 Å². The summed E-state index contributed by atoms with van der Waals surface area (Å²) in [5.74, 6) is 0. The van der Waals surface area contributed by atoms with Gasteiger partial charge in [0.25, 0.3) is 0 Å². The zero-order valence-corrected chi connectivity index (χ0v) is 11.8. The van der Waals surface area contributed by atoms with E-state index in [1.807, 2.05) is 0 Å². The molecular formula is C17H23N. The molecule has 96 valence electrons. The van der Waals surface area contributed by atoms with Gasteiger partial charge in [0.2, 0.25) is 0 Å². The Kier molecular flexibility index (Phi) is 3.60. The van der Waals surface area contributed by atoms with Gasteiger partial charge < -0.3 is 5.32 Å². The number of rotatable bonds is 3. The van der Waals surface area contributed by atoms with Gasteiger partial charge in [0.1, 0.15) is 0 Å². The molecule has 18 heavy (non-hydrogen) atoms. The lowest BCUT2D eigenvalue weighted by Crippen LogP contribution is -2.35. The van der Waals surface area contributed by atoms with Gasteiger partial charge in [-0.05, 0) is 36.5 Å². The second-order valence-electron chi connectivity index (χ2n) is 6.15. The van der Waals surface area contributed by atoms with Crippen LogP contribution in [0.15, 0.2) is 48.1 Å². The molecule has 0 radical (unpaired) electrons. The van der Waals surface area contributed by atoms with Crippen molar-refractivity contribution >= 4 is 5.69 Å². The van der Waals surface area contributed by atoms with Crippen molar-refractivity contribution in [2.75, 3.05) is 5.32 Å². The number of anilines is 1. The maximum Gasteiger partial charge on any atom is 0.0559 e. The fraction of sp³-hybridized carbons (Fsp3) is 0.412. The monoisotopic (exact) mass is 241 g/mol. The van der Waals surface area contributed by atoms with E-state index < -0.39 is 0 Å². The van der Waals surface area contributed by atoms with Crippen LogP contribution in [0.1, 0.15) is 32.8 Å². The van der Waals surface area contributed by atoms with Crippen LogP contribution >= 0.6 is 0 Å². The minimum atomic E-state index is 0.200. The van der Waals surface area contributed by atoms with E-state index in [9.17, 15) is 0 Å². The zero-order valence-electron chi connectivity index (χ0n) is 11.8. The van der Waals surface area contributed by atoms with Crippen molar-refractivity contribution in [1.29, 1.82) is 0 Å². The van der Waals surface area contributed by atoms with Gasteiger partial charge in [-0.15, -0.1) is 0 Å². The molecule has 0 heterocycles. The second kappa shape index (κ2) is 5.01. The van der Waals surface area contributed by atoms with E-state index in [1.165, 1.54) is 16.8 Å². The number of aryl methyl sites for hydroxylation is 1. The van der Waals surface area contributed by atoms with Gasteiger partial charge in [-0.3, -0.25) is 0 Å². The van der Waals surface area contributed by atoms with Gasteiger partial charge >= 0.3 is 0 Å². The summed E-state index contributed by atoms with van der Waals surface area (Å²) in [6, 6.07) is 8.99. The molecule has 0 fully saturated rings. The number of allylic oxidation sites excluding steroid dienone is 2. The molecule has 1 aromatic rings. The fourth-order valence-electron chi connectivity index (χ4n) is 2.31. The number of nitrogens with one attached hydrogen (secondary N) is 1. The van der Waals surface area contributed by atoms with E-state index in [0.29, 0.717) is 6.04 Å². The fourth-order valence-corrected chi connectivity index (χ4v) is 2.31. The molecule has 0 saturated carbocycles. The highest BCUT2D eigenvalue weighted by Gasteiger charge is 2.27. The summed E-state index contributed by atoms with van der Waals surface area (Å²) in [5, 5.41) is 3.67. The predicted molar refractivity (Wildman–Crippen MR) is 79.9 cm³/mol. The Bertz CT molecular complexity index is 457. The zero-order chi connectivity index (χ0) is 13.2. The normalized spacial score (nSPS) is 16.6. The van der Waals surface area contributed by atoms with Crippen LogP contribution in [0.4, 0.5) is 5.69 Å². The van der Waals surface area contributed by atoms with Gasteiger partial charge in [-0.25, -0.2) is 0 Å². The number of hydrogen-bond donors (Lipinski definition) is 1. The SMILES string of the molecule is Cc1ccc(NC(C2=CCC=C2)C(C)(C)C)cc1. The Balaban J connectivity index is 2.20. The Labute approximate surface area is 111 Å². The lowest BCUT2D eigenvalue weighted by molar-refractivity contribution is 0.376. The summed E-state index contributed by atoms with van der Waals surface area (Å²) in [7, 11) is 0. The van der Waals surface area contributed by atoms with Crippen molar-refractivity contribution in [2.24, 2.45) is 5.41 Å². The second-order valence-corrected chi connectivity index (χ2v) is 6.15. The molecular weight excluding hydrogens is 218 g/mol. The summed E-state index contributed by atoms with van der Waals surface area (Å²) >= 11 is 0. The summed E-state index contributed by atoms with van der Waals surface area (Å²) in [6.07, 6.45) is 7.86. The van der Waals surface area contributed by atoms with E-state index in [0.717, 1.165) is 6.42 Å². The van der Waals surface area contributed by atoms with Gasteiger partial charge in [0, 0.05) is 5.69 Å². The standard InChI is InChI=1S/C17H23N/c1-13-9-11-15(12-10-13)18-16(17(2,3)4)14-7-5-6-8-14/h5,7-12,16,18H,6H2,1-4H3. The van der Waals surface area contributed by atoms with Crippen molar-refractivity contribution in [3.8, 4) is 0 Å². The van der Waals surface area contributed by atoms with Crippen molar-refractivity contribution in [2.45, 2.75) is 40.2 Å². The molecule has 0 aliphatic heterocycles. The third kappa shape index (κ3) is 3.04. The van der Waals surface area contributed by atoms with Crippen molar-refractivity contribution in [1.82, 2.24) is 0 Å². The first kappa shape index (κ1) is 12.9. The minimum absolute atomic E-state index is 0.200. The molecule has 1 N–H and O–H groups in total. The van der Waals surface area contributed by atoms with Crippen molar-refractivity contribution in [3.63, 3.8) is 0 Å². The molecule has 1 aliphatic rings. The smallest absolute Gasteiger partial charge is 0.0559 e. The molecule has 1 aromatic carbocycles. The van der Waals surface area contributed by atoms with E-state index in [1.54, 1.807) is 0 Å². The third-order valence-electron chi connectivity index (χ3n) is 3.36. The molecule has 1 nitrogen and oxygen atoms in total. The Hall–Kier alpha value is -1.50. The Morgan fingerprint density at radius 1 is 1.11 bits per heavy atom. The molecule has 1 atom stereocenters. The molecule has 0 amide bonds. The Morgan fingerprint density at radius 3 is 2.28 bits per heavy atom. The molecule has 1 unspecified atom stereocenters. The van der Waals surface area contributed by atoms with Crippen molar-refractivity contribution < 1.29 is 0 Å². The van der Waals surface area contributed by atoms with Gasteiger partial charge in [0.05, 0.1) is 6.04 Å². The number of hydrogen-bond acceptors (Lipinski definition) is 1. The first-order chi connectivity index (χ1) is 8.47. The van der Waals surface area contributed by atoms with E-state index in [2.05, 4.69) is 75.5 Å². The van der Waals surface area contributed by atoms with E-state index in [-0.39, 0.29) is 5.41 Å². The molecule has 2 rings (SSSR count). The van der Waals surface area contributed by atoms with Crippen LogP contribution in [-0.2, 0) is 0 Å². The van der Waals surface area contributed by atoms with Gasteiger partial charge in [-0.1, -0.05) is 56.7 Å². The average Bonchev–Trinajstić information content (AvgIpc) is 2.80. The highest BCUT2D eigenvalue weighted by Crippen LogP contribution is 2.31. The lowest BCUT2D eigenvalue weighted by Gasteiger charge is -2.33. The molecule has 0 spiro atoms. The first-order valence-electron chi connectivity index (χ1n) is 6.66. The maximum absolute atomic E-state index is 3.67. The lowest BCUT2D eigenvalue weighted by atomic mass is 9.82. The van der Waals surface area contributed by atoms with Gasteiger partial charge in [-0.2, -0.15) is 0 Å². The largest absolute Gasteiger partial charge is 0.378 e. The van der Waals surface area contributed by atoms with Crippen LogP contribution in [0.25, 0.3) is 0 Å². The molecule has 1 heteroatoms. The maximum atomic E-state index is 3.67. The highest BCUT2D eigenvalue weighted by molar-refractivity contribution is 5.49. The summed E-state index contributed by atoms with van der Waals surface area (Å²) in [5.41, 5.74) is 4.10. The minimum Gasteiger partial charge on any atom is -0.378 e. The van der Waals surface area contributed by atoms with Gasteiger partial charge in [0.15, 0.2) is 0 Å². The summed E-state index contributed by atoms with van der Waals surface area (Å²) in [6.45, 7) is 8.97. The molecule has 0 bridgehead atoms. The summed E-state index contributed by atoms with van der Waals surface area (Å²) in [4.78, 5) is 0. The quantitative estimate of drug-likeness (QED) is 0.808. The third-order valence-corrected chi connectivity index (χ3v) is 3.36. The first-order valence-corrected chi connectivity index (χ1v) is 6.66. The molecule has 1 aliphatic carbocycles. The van der Waals surface area contributed by atoms with Crippen LogP contribution in [0.2, 0.25) is 0 Å². The van der Waals surface area contributed by atoms with Crippen LogP contribution in [-0.4, -0.2) is 6.04 Å². The number of benzene rings is 1. The summed E-state index contributed by atoms with van der Waals surface area (Å²) < 4.78 is 0.